The summed E-state index contributed by atoms with van der Waals surface area (Å²) in [6.07, 6.45) is 1.24. The first-order chi connectivity index (χ1) is 6.56. The fraction of sp³-hybridized carbons (Fsp3) is 0.286. The summed E-state index contributed by atoms with van der Waals surface area (Å²) in [6, 6.07) is 0.395. The molecule has 0 fully saturated rings. The quantitative estimate of drug-likeness (QED) is 0.292. The van der Waals surface area contributed by atoms with Crippen molar-refractivity contribution in [2.24, 2.45) is 5.84 Å². The third-order valence-corrected chi connectivity index (χ3v) is 1.79. The van der Waals surface area contributed by atoms with Gasteiger partial charge in [0.15, 0.2) is 0 Å². The summed E-state index contributed by atoms with van der Waals surface area (Å²) in [5.41, 5.74) is 0.762. The Morgan fingerprint density at radius 2 is 2.29 bits per heavy atom. The van der Waals surface area contributed by atoms with Gasteiger partial charge in [0.2, 0.25) is 0 Å². The predicted octanol–water partition coefficient (Wildman–Crippen LogP) is -1.91. The van der Waals surface area contributed by atoms with Gasteiger partial charge < -0.3 is 0 Å². The molecule has 1 amide bonds. The van der Waals surface area contributed by atoms with Crippen LogP contribution in [0, 0.1) is 0 Å². The zero-order chi connectivity index (χ0) is 10.7. The molecule has 1 unspecified atom stereocenters. The van der Waals surface area contributed by atoms with E-state index in [4.69, 9.17) is 5.84 Å². The Hall–Kier alpha value is -1.89. The molecular formula is C7H10N4O3. The van der Waals surface area contributed by atoms with Crippen molar-refractivity contribution in [1.29, 1.82) is 0 Å². The summed E-state index contributed by atoms with van der Waals surface area (Å²) in [4.78, 5) is 35.0. The van der Waals surface area contributed by atoms with Crippen LogP contribution in [0.4, 0.5) is 0 Å². The zero-order valence-electron chi connectivity index (χ0n) is 7.48. The van der Waals surface area contributed by atoms with Gasteiger partial charge in [-0.25, -0.2) is 10.6 Å². The van der Waals surface area contributed by atoms with E-state index in [-0.39, 0.29) is 0 Å². The first kappa shape index (κ1) is 10.2. The molecule has 1 heterocycles. The monoisotopic (exact) mass is 198 g/mol. The molecule has 0 bridgehead atoms. The molecule has 0 aliphatic carbocycles. The van der Waals surface area contributed by atoms with Gasteiger partial charge in [-0.2, -0.15) is 0 Å². The van der Waals surface area contributed by atoms with Gasteiger partial charge in [0.25, 0.3) is 11.5 Å². The number of carbonyl (C=O) groups excluding carboxylic acids is 1. The van der Waals surface area contributed by atoms with Crippen LogP contribution in [0.1, 0.15) is 13.0 Å². The van der Waals surface area contributed by atoms with E-state index >= 15 is 0 Å². The minimum absolute atomic E-state index is 0.508. The highest BCUT2D eigenvalue weighted by molar-refractivity contribution is 5.79. The molecule has 1 aromatic heterocycles. The van der Waals surface area contributed by atoms with Crippen molar-refractivity contribution < 1.29 is 4.79 Å². The normalized spacial score (nSPS) is 12.1. The number of aromatic amines is 1. The molecular weight excluding hydrogens is 188 g/mol. The van der Waals surface area contributed by atoms with Gasteiger partial charge in [-0.1, -0.05) is 0 Å². The maximum absolute atomic E-state index is 11.2. The Balaban J connectivity index is 3.14. The molecule has 0 aliphatic rings. The average Bonchev–Trinajstić information content (AvgIpc) is 2.15. The minimum atomic E-state index is -0.760. The van der Waals surface area contributed by atoms with E-state index in [1.807, 2.05) is 10.4 Å². The van der Waals surface area contributed by atoms with Crippen LogP contribution in [0.15, 0.2) is 21.9 Å². The van der Waals surface area contributed by atoms with Crippen LogP contribution in [0.25, 0.3) is 0 Å². The number of hydrogen-bond donors (Lipinski definition) is 3. The van der Waals surface area contributed by atoms with Gasteiger partial charge in [-0.3, -0.25) is 24.6 Å². The molecule has 7 heteroatoms. The summed E-state index contributed by atoms with van der Waals surface area (Å²) in [6.45, 7) is 1.49. The largest absolute Gasteiger partial charge is 0.329 e. The fourth-order valence-electron chi connectivity index (χ4n) is 0.979. The topological polar surface area (TPSA) is 110 Å². The van der Waals surface area contributed by atoms with E-state index in [2.05, 4.69) is 0 Å². The molecule has 1 rings (SSSR count). The standard InChI is InChI=1S/C7H10N4O3/c1-4(6(13)10-8)11-3-2-5(12)9-7(11)14/h2-4H,8H2,1H3,(H,10,13)(H,9,12,14). The van der Waals surface area contributed by atoms with E-state index < -0.39 is 23.2 Å². The van der Waals surface area contributed by atoms with Crippen molar-refractivity contribution in [3.63, 3.8) is 0 Å². The van der Waals surface area contributed by atoms with Gasteiger partial charge in [-0.15, -0.1) is 0 Å². The lowest BCUT2D eigenvalue weighted by Gasteiger charge is -2.11. The highest BCUT2D eigenvalue weighted by Crippen LogP contribution is 1.98. The van der Waals surface area contributed by atoms with Crippen molar-refractivity contribution in [2.75, 3.05) is 0 Å². The highest BCUT2D eigenvalue weighted by atomic mass is 16.2. The van der Waals surface area contributed by atoms with Gasteiger partial charge in [0.05, 0.1) is 0 Å². The first-order valence-corrected chi connectivity index (χ1v) is 3.88. The molecule has 14 heavy (non-hydrogen) atoms. The van der Waals surface area contributed by atoms with E-state index in [1.165, 1.54) is 13.1 Å². The van der Waals surface area contributed by atoms with Crippen LogP contribution in [0.5, 0.6) is 0 Å². The number of amides is 1. The highest BCUT2D eigenvalue weighted by Gasteiger charge is 2.14. The maximum atomic E-state index is 11.2. The lowest BCUT2D eigenvalue weighted by molar-refractivity contribution is -0.124. The van der Waals surface area contributed by atoms with Crippen LogP contribution in [0.2, 0.25) is 0 Å². The van der Waals surface area contributed by atoms with Gasteiger partial charge in [0, 0.05) is 12.3 Å². The summed E-state index contributed by atoms with van der Waals surface area (Å²) in [5.74, 6) is 4.39. The van der Waals surface area contributed by atoms with E-state index in [0.717, 1.165) is 10.6 Å². The van der Waals surface area contributed by atoms with Crippen LogP contribution in [0.3, 0.4) is 0 Å². The van der Waals surface area contributed by atoms with Crippen molar-refractivity contribution in [2.45, 2.75) is 13.0 Å². The van der Waals surface area contributed by atoms with Gasteiger partial charge in [-0.05, 0) is 6.92 Å². The van der Waals surface area contributed by atoms with Crippen LogP contribution < -0.4 is 22.5 Å². The number of H-pyrrole nitrogens is 1. The van der Waals surface area contributed by atoms with E-state index in [0.29, 0.717) is 0 Å². The summed E-state index contributed by atoms with van der Waals surface area (Å²) < 4.78 is 1.07. The zero-order valence-corrected chi connectivity index (χ0v) is 7.48. The molecule has 1 atom stereocenters. The molecule has 1 aromatic rings. The molecule has 76 valence electrons. The Morgan fingerprint density at radius 3 is 2.79 bits per heavy atom. The predicted molar refractivity (Wildman–Crippen MR) is 48.4 cm³/mol. The number of aromatic nitrogens is 2. The molecule has 7 nitrogen and oxygen atoms in total. The molecule has 0 saturated heterocycles. The summed E-state index contributed by atoms with van der Waals surface area (Å²) in [7, 11) is 0. The van der Waals surface area contributed by atoms with Crippen molar-refractivity contribution in [3.8, 4) is 0 Å². The second kappa shape index (κ2) is 3.88. The smallest absolute Gasteiger partial charge is 0.292 e. The van der Waals surface area contributed by atoms with Crippen LogP contribution in [-0.2, 0) is 4.79 Å². The van der Waals surface area contributed by atoms with Crippen molar-refractivity contribution in [1.82, 2.24) is 15.0 Å². The van der Waals surface area contributed by atoms with Crippen LogP contribution >= 0.6 is 0 Å². The average molecular weight is 198 g/mol. The molecule has 0 aromatic carbocycles. The first-order valence-electron chi connectivity index (χ1n) is 3.88. The Kier molecular flexibility index (Phi) is 2.82. The number of nitrogens with one attached hydrogen (secondary N) is 2. The van der Waals surface area contributed by atoms with Gasteiger partial charge in [0.1, 0.15) is 6.04 Å². The number of rotatable bonds is 2. The summed E-state index contributed by atoms with van der Waals surface area (Å²) in [5, 5.41) is 0. The third kappa shape index (κ3) is 1.88. The Labute approximate surface area is 78.5 Å². The summed E-state index contributed by atoms with van der Waals surface area (Å²) >= 11 is 0. The van der Waals surface area contributed by atoms with Crippen molar-refractivity contribution >= 4 is 5.91 Å². The third-order valence-electron chi connectivity index (χ3n) is 1.79. The molecule has 0 aliphatic heterocycles. The van der Waals surface area contributed by atoms with Crippen LogP contribution in [-0.4, -0.2) is 15.5 Å². The van der Waals surface area contributed by atoms with Gasteiger partial charge >= 0.3 is 5.69 Å². The fourth-order valence-corrected chi connectivity index (χ4v) is 0.979. The van der Waals surface area contributed by atoms with E-state index in [1.54, 1.807) is 0 Å². The molecule has 0 saturated carbocycles. The second-order valence-corrected chi connectivity index (χ2v) is 2.70. The lowest BCUT2D eigenvalue weighted by atomic mass is 10.3. The lowest BCUT2D eigenvalue weighted by Crippen LogP contribution is -2.40. The minimum Gasteiger partial charge on any atom is -0.292 e. The van der Waals surface area contributed by atoms with E-state index in [9.17, 15) is 14.4 Å². The number of carbonyl (C=O) groups is 1. The van der Waals surface area contributed by atoms with Crippen molar-refractivity contribution in [3.05, 3.63) is 33.1 Å². The Bertz CT molecular complexity index is 447. The number of nitrogens with two attached hydrogens (primary N) is 1. The number of hydrogen-bond acceptors (Lipinski definition) is 4. The number of nitrogens with zero attached hydrogens (tertiary/aromatic N) is 1. The second-order valence-electron chi connectivity index (χ2n) is 2.70. The molecule has 0 radical (unpaired) electrons. The SMILES string of the molecule is CC(C(=O)NN)n1ccc(=O)[nH]c1=O. The Morgan fingerprint density at radius 1 is 1.64 bits per heavy atom. The molecule has 0 spiro atoms. The maximum Gasteiger partial charge on any atom is 0.329 e. The number of hydrazine groups is 1. The molecule has 4 N–H and O–H groups in total.